The molecule has 2 aliphatic rings. The minimum absolute atomic E-state index is 0.00676. The van der Waals surface area contributed by atoms with E-state index in [0.29, 0.717) is 24.0 Å². The zero-order valence-electron chi connectivity index (χ0n) is 15.8. The zero-order chi connectivity index (χ0) is 20.5. The molecule has 152 valence electrons. The van der Waals surface area contributed by atoms with Crippen LogP contribution in [0.25, 0.3) is 0 Å². The van der Waals surface area contributed by atoms with Crippen LogP contribution in [0, 0.1) is 11.6 Å². The molecule has 2 aromatic carbocycles. The predicted octanol–water partition coefficient (Wildman–Crippen LogP) is 4.52. The molecule has 29 heavy (non-hydrogen) atoms. The van der Waals surface area contributed by atoms with Crippen molar-refractivity contribution < 1.29 is 18.4 Å². The van der Waals surface area contributed by atoms with Gasteiger partial charge in [-0.1, -0.05) is 23.7 Å². The first-order valence-corrected chi connectivity index (χ1v) is 10.1. The highest BCUT2D eigenvalue weighted by molar-refractivity contribution is 6.30. The molecule has 1 unspecified atom stereocenters. The number of imide groups is 1. The van der Waals surface area contributed by atoms with Gasteiger partial charge in [-0.3, -0.25) is 14.9 Å². The molecule has 0 bridgehead atoms. The molecule has 0 radical (unpaired) electrons. The van der Waals surface area contributed by atoms with Gasteiger partial charge in [0.15, 0.2) is 0 Å². The average molecular weight is 419 g/mol. The number of carbonyl (C=O) groups excluding carboxylic acids is 2. The molecule has 4 rings (SSSR count). The largest absolute Gasteiger partial charge is 0.369 e. The zero-order valence-corrected chi connectivity index (χ0v) is 16.5. The molecule has 2 fully saturated rings. The number of nitrogens with one attached hydrogen (secondary N) is 1. The summed E-state index contributed by atoms with van der Waals surface area (Å²) in [4.78, 5) is 25.1. The Morgan fingerprint density at radius 2 is 1.66 bits per heavy atom. The van der Waals surface area contributed by atoms with E-state index in [9.17, 15) is 18.4 Å². The Morgan fingerprint density at radius 1 is 0.966 bits per heavy atom. The fraction of sp³-hybridized carbons (Fsp3) is 0.364. The van der Waals surface area contributed by atoms with Gasteiger partial charge >= 0.3 is 0 Å². The fourth-order valence-electron chi connectivity index (χ4n) is 4.24. The molecule has 2 aromatic rings. The molecular formula is C22H21ClF2N2O2. The first-order chi connectivity index (χ1) is 13.9. The van der Waals surface area contributed by atoms with Crippen LogP contribution in [0.1, 0.15) is 48.6 Å². The van der Waals surface area contributed by atoms with Crippen molar-refractivity contribution in [1.29, 1.82) is 0 Å². The minimum Gasteiger partial charge on any atom is -0.369 e. The summed E-state index contributed by atoms with van der Waals surface area (Å²) < 4.78 is 29.6. The van der Waals surface area contributed by atoms with Crippen LogP contribution < -0.4 is 10.2 Å². The lowest BCUT2D eigenvalue weighted by molar-refractivity contribution is -0.134. The number of rotatable bonds is 3. The topological polar surface area (TPSA) is 49.4 Å². The third kappa shape index (κ3) is 4.13. The fourth-order valence-corrected chi connectivity index (χ4v) is 4.37. The lowest BCUT2D eigenvalue weighted by Crippen LogP contribution is -2.40. The van der Waals surface area contributed by atoms with Crippen molar-refractivity contribution in [1.82, 2.24) is 5.32 Å². The van der Waals surface area contributed by atoms with Crippen LogP contribution in [0.15, 0.2) is 36.4 Å². The van der Waals surface area contributed by atoms with E-state index >= 15 is 0 Å². The number of nitrogens with zero attached hydrogens (tertiary/aromatic N) is 1. The highest BCUT2D eigenvalue weighted by Crippen LogP contribution is 2.35. The normalized spacial score (nSPS) is 20.7. The van der Waals surface area contributed by atoms with Gasteiger partial charge in [-0.25, -0.2) is 8.78 Å². The van der Waals surface area contributed by atoms with Crippen molar-refractivity contribution in [3.05, 3.63) is 64.2 Å². The first kappa shape index (κ1) is 19.8. The van der Waals surface area contributed by atoms with E-state index in [4.69, 9.17) is 11.6 Å². The average Bonchev–Trinajstić information content (AvgIpc) is 2.71. The summed E-state index contributed by atoms with van der Waals surface area (Å²) in [6, 6.07) is 10.0. The number of hydrogen-bond donors (Lipinski definition) is 1. The Bertz CT molecular complexity index is 941. The van der Waals surface area contributed by atoms with Gasteiger partial charge in [0.1, 0.15) is 11.6 Å². The summed E-state index contributed by atoms with van der Waals surface area (Å²) in [7, 11) is 0. The van der Waals surface area contributed by atoms with Crippen LogP contribution in [0.2, 0.25) is 5.02 Å². The molecule has 2 heterocycles. The van der Waals surface area contributed by atoms with E-state index in [0.717, 1.165) is 18.9 Å². The molecule has 4 nitrogen and oxygen atoms in total. The summed E-state index contributed by atoms with van der Waals surface area (Å²) >= 11 is 5.94. The molecule has 2 saturated heterocycles. The number of carbonyl (C=O) groups is 2. The number of piperidine rings is 2. The van der Waals surface area contributed by atoms with Gasteiger partial charge in [-0.05, 0) is 48.9 Å². The van der Waals surface area contributed by atoms with E-state index in [2.05, 4.69) is 5.32 Å². The maximum Gasteiger partial charge on any atom is 0.234 e. The van der Waals surface area contributed by atoms with Crippen LogP contribution in [0.3, 0.4) is 0 Å². The molecule has 7 heteroatoms. The van der Waals surface area contributed by atoms with Crippen LogP contribution in [0.4, 0.5) is 14.5 Å². The Morgan fingerprint density at radius 3 is 2.31 bits per heavy atom. The molecule has 0 aliphatic carbocycles. The van der Waals surface area contributed by atoms with Gasteiger partial charge in [-0.15, -0.1) is 0 Å². The third-order valence-electron chi connectivity index (χ3n) is 5.86. The predicted molar refractivity (Wildman–Crippen MR) is 107 cm³/mol. The number of benzene rings is 2. The van der Waals surface area contributed by atoms with Gasteiger partial charge in [0.05, 0.1) is 11.6 Å². The third-order valence-corrected chi connectivity index (χ3v) is 6.11. The van der Waals surface area contributed by atoms with Crippen molar-refractivity contribution in [2.24, 2.45) is 0 Å². The van der Waals surface area contributed by atoms with E-state index in [1.807, 2.05) is 29.2 Å². The van der Waals surface area contributed by atoms with Crippen LogP contribution in [-0.2, 0) is 9.59 Å². The van der Waals surface area contributed by atoms with Crippen molar-refractivity contribution in [3.63, 3.8) is 0 Å². The lowest BCUT2D eigenvalue weighted by atomic mass is 9.88. The molecular weight excluding hydrogens is 398 g/mol. The second kappa shape index (κ2) is 8.11. The molecule has 1 N–H and O–H groups in total. The standard InChI is InChI=1S/C22H21ClF2N2O2/c23-15-3-1-13(2-4-15)14-7-9-27(10-8-14)20-12-18(24)17(11-19(20)25)16-5-6-21(28)26-22(16)29/h1-4,11-12,14,16H,5-10H2,(H,26,28,29). The summed E-state index contributed by atoms with van der Waals surface area (Å²) in [5.74, 6) is -2.60. The van der Waals surface area contributed by atoms with Crippen molar-refractivity contribution in [2.45, 2.75) is 37.5 Å². The van der Waals surface area contributed by atoms with Gasteiger partial charge in [0.25, 0.3) is 0 Å². The molecule has 1 atom stereocenters. The molecule has 0 spiro atoms. The van der Waals surface area contributed by atoms with E-state index in [-0.39, 0.29) is 30.0 Å². The highest BCUT2D eigenvalue weighted by Gasteiger charge is 2.31. The van der Waals surface area contributed by atoms with Gasteiger partial charge in [0, 0.05) is 36.2 Å². The van der Waals surface area contributed by atoms with E-state index in [1.165, 1.54) is 11.6 Å². The second-order valence-electron chi connectivity index (χ2n) is 7.64. The van der Waals surface area contributed by atoms with Crippen LogP contribution in [-0.4, -0.2) is 24.9 Å². The maximum absolute atomic E-state index is 14.8. The molecule has 2 aliphatic heterocycles. The first-order valence-electron chi connectivity index (χ1n) is 9.75. The summed E-state index contributed by atoms with van der Waals surface area (Å²) in [6.07, 6.45) is 1.97. The number of halogens is 3. The smallest absolute Gasteiger partial charge is 0.234 e. The van der Waals surface area contributed by atoms with Gasteiger partial charge in [-0.2, -0.15) is 0 Å². The van der Waals surface area contributed by atoms with Crippen molar-refractivity contribution >= 4 is 29.1 Å². The summed E-state index contributed by atoms with van der Waals surface area (Å²) in [5.41, 5.74) is 1.43. The quantitative estimate of drug-likeness (QED) is 0.745. The number of amides is 2. The maximum atomic E-state index is 14.8. The van der Waals surface area contributed by atoms with Crippen LogP contribution >= 0.6 is 11.6 Å². The minimum atomic E-state index is -0.841. The monoisotopic (exact) mass is 418 g/mol. The van der Waals surface area contributed by atoms with E-state index in [1.54, 1.807) is 0 Å². The van der Waals surface area contributed by atoms with Crippen LogP contribution in [0.5, 0.6) is 0 Å². The van der Waals surface area contributed by atoms with Crippen molar-refractivity contribution in [3.8, 4) is 0 Å². The lowest BCUT2D eigenvalue weighted by Gasteiger charge is -2.34. The number of hydrogen-bond acceptors (Lipinski definition) is 3. The molecule has 0 aromatic heterocycles. The number of anilines is 1. The highest BCUT2D eigenvalue weighted by atomic mass is 35.5. The van der Waals surface area contributed by atoms with Gasteiger partial charge in [0.2, 0.25) is 11.8 Å². The van der Waals surface area contributed by atoms with E-state index < -0.39 is 23.5 Å². The van der Waals surface area contributed by atoms with Crippen molar-refractivity contribution in [2.75, 3.05) is 18.0 Å². The second-order valence-corrected chi connectivity index (χ2v) is 8.08. The summed E-state index contributed by atoms with van der Waals surface area (Å²) in [5, 5.41) is 2.88. The molecule has 0 saturated carbocycles. The summed E-state index contributed by atoms with van der Waals surface area (Å²) in [6.45, 7) is 1.23. The Balaban J connectivity index is 1.48. The Labute approximate surface area is 172 Å². The SMILES string of the molecule is O=C1CCC(c2cc(F)c(N3CCC(c4ccc(Cl)cc4)CC3)cc2F)C(=O)N1. The molecule has 2 amide bonds. The van der Waals surface area contributed by atoms with Gasteiger partial charge < -0.3 is 4.90 Å². The Kier molecular flexibility index (Phi) is 5.54. The Hall–Kier alpha value is -2.47.